The quantitative estimate of drug-likeness (QED) is 0.803. The average Bonchev–Trinajstić information content (AvgIpc) is 3.46. The van der Waals surface area contributed by atoms with E-state index in [9.17, 15) is 13.2 Å². The Morgan fingerprint density at radius 2 is 1.89 bits per heavy atom. The lowest BCUT2D eigenvalue weighted by Crippen LogP contribution is -2.30. The number of hydrogen-bond acceptors (Lipinski definition) is 5. The van der Waals surface area contributed by atoms with Crippen molar-refractivity contribution in [2.75, 3.05) is 30.4 Å². The number of carbonyl (C=O) groups excluding carboxylic acids is 1. The minimum Gasteiger partial charge on any atom is -0.497 e. The Kier molecular flexibility index (Phi) is 4.66. The number of ether oxygens (including phenoxy) is 2. The van der Waals surface area contributed by atoms with Crippen molar-refractivity contribution in [1.29, 1.82) is 0 Å². The Bertz CT molecular complexity index is 1030. The van der Waals surface area contributed by atoms with E-state index < -0.39 is 10.0 Å². The molecular weight excluding hydrogens is 380 g/mol. The zero-order valence-corrected chi connectivity index (χ0v) is 16.6. The van der Waals surface area contributed by atoms with Gasteiger partial charge in [0.05, 0.1) is 14.2 Å². The maximum Gasteiger partial charge on any atom is 0.265 e. The molecule has 7 nitrogen and oxygen atoms in total. The second-order valence-electron chi connectivity index (χ2n) is 6.98. The molecule has 1 N–H and O–H groups in total. The Balaban J connectivity index is 1.60. The van der Waals surface area contributed by atoms with Crippen molar-refractivity contribution in [2.24, 2.45) is 5.92 Å². The molecule has 1 aliphatic heterocycles. The summed E-state index contributed by atoms with van der Waals surface area (Å²) in [5.74, 6) is 0.984. The zero-order chi connectivity index (χ0) is 19.9. The van der Waals surface area contributed by atoms with Crippen molar-refractivity contribution < 1.29 is 22.7 Å². The summed E-state index contributed by atoms with van der Waals surface area (Å²) < 4.78 is 38.7. The highest BCUT2D eigenvalue weighted by molar-refractivity contribution is 7.92. The number of hydrogen-bond donors (Lipinski definition) is 1. The van der Waals surface area contributed by atoms with Gasteiger partial charge < -0.3 is 14.4 Å². The first-order valence-electron chi connectivity index (χ1n) is 9.12. The molecule has 0 aromatic heterocycles. The summed E-state index contributed by atoms with van der Waals surface area (Å²) in [5, 5.41) is 0. The molecule has 1 heterocycles. The van der Waals surface area contributed by atoms with Crippen molar-refractivity contribution in [1.82, 2.24) is 0 Å². The fraction of sp³-hybridized carbons (Fsp3) is 0.350. The van der Waals surface area contributed by atoms with E-state index in [1.54, 1.807) is 24.3 Å². The van der Waals surface area contributed by atoms with Crippen LogP contribution in [0.3, 0.4) is 0 Å². The Morgan fingerprint density at radius 1 is 1.11 bits per heavy atom. The lowest BCUT2D eigenvalue weighted by atomic mass is 10.1. The number of sulfonamides is 1. The molecule has 1 fully saturated rings. The summed E-state index contributed by atoms with van der Waals surface area (Å²) in [6, 6.07) is 9.89. The molecule has 0 bridgehead atoms. The van der Waals surface area contributed by atoms with Crippen molar-refractivity contribution in [3.05, 3.63) is 42.0 Å². The van der Waals surface area contributed by atoms with Crippen LogP contribution in [0, 0.1) is 5.92 Å². The highest BCUT2D eigenvalue weighted by Gasteiger charge is 2.36. The van der Waals surface area contributed by atoms with Crippen molar-refractivity contribution in [3.63, 3.8) is 0 Å². The topological polar surface area (TPSA) is 84.9 Å². The number of fused-ring (bicyclic) bond motifs is 1. The summed E-state index contributed by atoms with van der Waals surface area (Å²) in [6.07, 6.45) is 2.64. The van der Waals surface area contributed by atoms with Crippen LogP contribution in [0.25, 0.3) is 0 Å². The molecule has 4 rings (SSSR count). The van der Waals surface area contributed by atoms with Crippen LogP contribution in [0.15, 0.2) is 41.3 Å². The number of rotatable bonds is 6. The molecule has 28 heavy (non-hydrogen) atoms. The molecule has 0 unspecified atom stereocenters. The van der Waals surface area contributed by atoms with Gasteiger partial charge in [-0.25, -0.2) is 8.42 Å². The smallest absolute Gasteiger partial charge is 0.265 e. The summed E-state index contributed by atoms with van der Waals surface area (Å²) in [4.78, 5) is 14.2. The zero-order valence-electron chi connectivity index (χ0n) is 15.8. The van der Waals surface area contributed by atoms with Gasteiger partial charge in [-0.05, 0) is 55.2 Å². The number of methoxy groups -OCH3 is 2. The molecule has 1 aliphatic carbocycles. The average molecular weight is 402 g/mol. The fourth-order valence-corrected chi connectivity index (χ4v) is 4.68. The van der Waals surface area contributed by atoms with E-state index in [1.165, 1.54) is 20.3 Å². The SMILES string of the molecule is COc1ccc(OC)c(S(=O)(=O)Nc2ccc3c(c2)CCN3C(=O)C2CC2)c1. The highest BCUT2D eigenvalue weighted by Crippen LogP contribution is 2.38. The molecule has 2 aromatic rings. The van der Waals surface area contributed by atoms with Gasteiger partial charge >= 0.3 is 0 Å². The lowest BCUT2D eigenvalue weighted by molar-refractivity contribution is -0.119. The molecule has 0 radical (unpaired) electrons. The predicted octanol–water partition coefficient (Wildman–Crippen LogP) is 2.80. The van der Waals surface area contributed by atoms with Gasteiger partial charge in [-0.1, -0.05) is 0 Å². The molecule has 0 saturated heterocycles. The van der Waals surface area contributed by atoms with E-state index in [2.05, 4.69) is 4.72 Å². The standard InChI is InChI=1S/C20H22N2O5S/c1-26-16-6-8-18(27-2)19(12-16)28(24,25)21-15-5-7-17-14(11-15)9-10-22(17)20(23)13-3-4-13/h5-8,11-13,21H,3-4,9-10H2,1-2H3. The molecule has 0 spiro atoms. The van der Waals surface area contributed by atoms with Crippen molar-refractivity contribution in [2.45, 2.75) is 24.2 Å². The summed E-state index contributed by atoms with van der Waals surface area (Å²) in [5.41, 5.74) is 2.29. The van der Waals surface area contributed by atoms with Crippen LogP contribution in [-0.4, -0.2) is 35.1 Å². The van der Waals surface area contributed by atoms with Gasteiger partial charge in [-0.2, -0.15) is 0 Å². The Labute approximate surface area is 164 Å². The number of carbonyl (C=O) groups is 1. The van der Waals surface area contributed by atoms with Gasteiger partial charge in [-0.3, -0.25) is 9.52 Å². The third-order valence-corrected chi connectivity index (χ3v) is 6.48. The van der Waals surface area contributed by atoms with Crippen LogP contribution < -0.4 is 19.1 Å². The molecular formula is C20H22N2O5S. The monoisotopic (exact) mass is 402 g/mol. The maximum absolute atomic E-state index is 12.9. The second-order valence-corrected chi connectivity index (χ2v) is 8.63. The second kappa shape index (κ2) is 7.01. The summed E-state index contributed by atoms with van der Waals surface area (Å²) in [7, 11) is -0.984. The number of anilines is 2. The van der Waals surface area contributed by atoms with Crippen LogP contribution in [0.1, 0.15) is 18.4 Å². The molecule has 2 aliphatic rings. The first-order chi connectivity index (χ1) is 13.4. The maximum atomic E-state index is 12.9. The van der Waals surface area contributed by atoms with Gasteiger partial charge in [-0.15, -0.1) is 0 Å². The van der Waals surface area contributed by atoms with E-state index in [4.69, 9.17) is 9.47 Å². The van der Waals surface area contributed by atoms with E-state index in [0.717, 1.165) is 24.1 Å². The van der Waals surface area contributed by atoms with E-state index in [-0.39, 0.29) is 22.5 Å². The third-order valence-electron chi connectivity index (χ3n) is 5.08. The molecule has 8 heteroatoms. The Morgan fingerprint density at radius 3 is 2.57 bits per heavy atom. The van der Waals surface area contributed by atoms with Gasteiger partial charge in [0.1, 0.15) is 16.4 Å². The fourth-order valence-electron chi connectivity index (χ4n) is 3.45. The predicted molar refractivity (Wildman–Crippen MR) is 106 cm³/mol. The van der Waals surface area contributed by atoms with Gasteiger partial charge in [0.15, 0.2) is 0 Å². The van der Waals surface area contributed by atoms with Crippen LogP contribution in [0.5, 0.6) is 11.5 Å². The number of nitrogens with one attached hydrogen (secondary N) is 1. The largest absolute Gasteiger partial charge is 0.497 e. The number of nitrogens with zero attached hydrogens (tertiary/aromatic N) is 1. The summed E-state index contributed by atoms with van der Waals surface area (Å²) in [6.45, 7) is 0.643. The van der Waals surface area contributed by atoms with Crippen LogP contribution >= 0.6 is 0 Å². The van der Waals surface area contributed by atoms with Crippen LogP contribution in [-0.2, 0) is 21.2 Å². The minimum atomic E-state index is -3.87. The number of benzene rings is 2. The van der Waals surface area contributed by atoms with Gasteiger partial charge in [0.25, 0.3) is 10.0 Å². The highest BCUT2D eigenvalue weighted by atomic mass is 32.2. The van der Waals surface area contributed by atoms with Crippen molar-refractivity contribution in [3.8, 4) is 11.5 Å². The van der Waals surface area contributed by atoms with E-state index in [0.29, 0.717) is 24.4 Å². The Hall–Kier alpha value is -2.74. The molecule has 1 amide bonds. The van der Waals surface area contributed by atoms with Gasteiger partial charge in [0.2, 0.25) is 5.91 Å². The summed E-state index contributed by atoms with van der Waals surface area (Å²) >= 11 is 0. The van der Waals surface area contributed by atoms with Crippen LogP contribution in [0.4, 0.5) is 11.4 Å². The number of amides is 1. The lowest BCUT2D eigenvalue weighted by Gasteiger charge is -2.17. The molecule has 0 atom stereocenters. The van der Waals surface area contributed by atoms with Crippen molar-refractivity contribution >= 4 is 27.3 Å². The van der Waals surface area contributed by atoms with E-state index in [1.807, 2.05) is 11.0 Å². The minimum absolute atomic E-state index is 0.000358. The molecule has 2 aromatic carbocycles. The molecule has 1 saturated carbocycles. The first-order valence-corrected chi connectivity index (χ1v) is 10.6. The van der Waals surface area contributed by atoms with Crippen LogP contribution in [0.2, 0.25) is 0 Å². The third kappa shape index (κ3) is 3.40. The normalized spacial score (nSPS) is 15.9. The molecule has 148 valence electrons. The van der Waals surface area contributed by atoms with E-state index >= 15 is 0 Å². The first kappa shape index (κ1) is 18.6. The van der Waals surface area contributed by atoms with Gasteiger partial charge in [0, 0.05) is 29.9 Å².